The van der Waals surface area contributed by atoms with Crippen LogP contribution in [0.5, 0.6) is 0 Å². The molecule has 0 aliphatic rings. The highest BCUT2D eigenvalue weighted by Gasteiger charge is 2.24. The number of hydrogen-bond donors (Lipinski definition) is 3. The third-order valence-electron chi connectivity index (χ3n) is 4.04. The van der Waals surface area contributed by atoms with Crippen LogP contribution in [0.3, 0.4) is 0 Å². The molecule has 0 aliphatic carbocycles. The maximum Gasteiger partial charge on any atom is 0.307 e. The van der Waals surface area contributed by atoms with Gasteiger partial charge in [0.15, 0.2) is 0 Å². The molecule has 112 valence electrons. The lowest BCUT2D eigenvalue weighted by Crippen LogP contribution is -2.36. The molecule has 4 nitrogen and oxygen atoms in total. The molecule has 4 heteroatoms. The van der Waals surface area contributed by atoms with Gasteiger partial charge in [0.1, 0.15) is 0 Å². The second-order valence-electron chi connectivity index (χ2n) is 5.36. The van der Waals surface area contributed by atoms with Gasteiger partial charge in [-0.3, -0.25) is 4.79 Å². The summed E-state index contributed by atoms with van der Waals surface area (Å²) in [5, 5.41) is 21.6. The molecule has 0 spiro atoms. The zero-order valence-electron chi connectivity index (χ0n) is 12.4. The Labute approximate surface area is 120 Å². The van der Waals surface area contributed by atoms with Crippen LogP contribution < -0.4 is 5.32 Å². The van der Waals surface area contributed by atoms with Gasteiger partial charge >= 0.3 is 5.97 Å². The van der Waals surface area contributed by atoms with Crippen molar-refractivity contribution in [2.24, 2.45) is 5.41 Å². The van der Waals surface area contributed by atoms with E-state index in [4.69, 9.17) is 5.11 Å². The molecule has 0 radical (unpaired) electrons. The van der Waals surface area contributed by atoms with E-state index in [-0.39, 0.29) is 18.4 Å². The van der Waals surface area contributed by atoms with Crippen LogP contribution in [0.15, 0.2) is 24.3 Å². The summed E-state index contributed by atoms with van der Waals surface area (Å²) in [6.07, 6.45) is 1.96. The topological polar surface area (TPSA) is 69.6 Å². The van der Waals surface area contributed by atoms with Crippen molar-refractivity contribution >= 4 is 5.97 Å². The number of hydrogen-bond acceptors (Lipinski definition) is 3. The summed E-state index contributed by atoms with van der Waals surface area (Å²) >= 11 is 0. The van der Waals surface area contributed by atoms with Crippen LogP contribution in [0.2, 0.25) is 0 Å². The highest BCUT2D eigenvalue weighted by molar-refractivity contribution is 5.70. The van der Waals surface area contributed by atoms with Crippen molar-refractivity contribution in [3.8, 4) is 0 Å². The first-order chi connectivity index (χ1) is 9.55. The Bertz CT molecular complexity index is 402. The number of carboxylic acids is 1. The van der Waals surface area contributed by atoms with Crippen molar-refractivity contribution in [1.29, 1.82) is 0 Å². The smallest absolute Gasteiger partial charge is 0.307 e. The van der Waals surface area contributed by atoms with Crippen molar-refractivity contribution in [3.05, 3.63) is 35.4 Å². The summed E-state index contributed by atoms with van der Waals surface area (Å²) in [4.78, 5) is 10.6. The molecular formula is C16H25NO3. The molecule has 0 unspecified atom stereocenters. The number of carboxylic acid groups (broad SMARTS) is 1. The Hall–Kier alpha value is -1.39. The Morgan fingerprint density at radius 3 is 2.15 bits per heavy atom. The Morgan fingerprint density at radius 2 is 1.70 bits per heavy atom. The number of rotatable bonds is 9. The first-order valence-electron chi connectivity index (χ1n) is 7.16. The minimum absolute atomic E-state index is 0.0384. The van der Waals surface area contributed by atoms with Crippen LogP contribution in [0, 0.1) is 5.41 Å². The number of aliphatic carboxylic acids is 1. The Kier molecular flexibility index (Phi) is 6.68. The normalized spacial score (nSPS) is 11.6. The molecule has 0 saturated heterocycles. The van der Waals surface area contributed by atoms with E-state index in [1.165, 1.54) is 0 Å². The molecule has 0 aliphatic heterocycles. The molecule has 1 rings (SSSR count). The number of carbonyl (C=O) groups is 1. The van der Waals surface area contributed by atoms with Gasteiger partial charge < -0.3 is 15.5 Å². The molecule has 0 saturated carbocycles. The van der Waals surface area contributed by atoms with E-state index < -0.39 is 5.97 Å². The lowest BCUT2D eigenvalue weighted by Gasteiger charge is -2.29. The summed E-state index contributed by atoms with van der Waals surface area (Å²) in [5.41, 5.74) is 1.90. The van der Waals surface area contributed by atoms with Crippen LogP contribution in [0.4, 0.5) is 0 Å². The molecular weight excluding hydrogens is 254 g/mol. The molecule has 1 aromatic rings. The molecule has 0 heterocycles. The first-order valence-corrected chi connectivity index (χ1v) is 7.16. The van der Waals surface area contributed by atoms with Gasteiger partial charge in [0.05, 0.1) is 6.42 Å². The summed E-state index contributed by atoms with van der Waals surface area (Å²) in [7, 11) is 0. The third kappa shape index (κ3) is 4.94. The minimum Gasteiger partial charge on any atom is -0.481 e. The van der Waals surface area contributed by atoms with Crippen molar-refractivity contribution in [3.63, 3.8) is 0 Å². The van der Waals surface area contributed by atoms with Crippen LogP contribution in [-0.4, -0.2) is 29.3 Å². The number of aliphatic hydroxyl groups excluding tert-OH is 1. The van der Waals surface area contributed by atoms with Crippen molar-refractivity contribution in [1.82, 2.24) is 5.32 Å². The zero-order valence-corrected chi connectivity index (χ0v) is 12.4. The van der Waals surface area contributed by atoms with Gasteiger partial charge in [-0.25, -0.2) is 0 Å². The van der Waals surface area contributed by atoms with E-state index in [1.807, 2.05) is 24.3 Å². The van der Waals surface area contributed by atoms with Crippen molar-refractivity contribution in [2.45, 2.75) is 39.7 Å². The zero-order chi connectivity index (χ0) is 15.0. The average molecular weight is 279 g/mol. The predicted molar refractivity (Wildman–Crippen MR) is 79.6 cm³/mol. The molecule has 0 amide bonds. The second kappa shape index (κ2) is 8.02. The van der Waals surface area contributed by atoms with E-state index in [0.29, 0.717) is 0 Å². The fraction of sp³-hybridized carbons (Fsp3) is 0.562. The highest BCUT2D eigenvalue weighted by Crippen LogP contribution is 2.24. The van der Waals surface area contributed by atoms with Crippen LogP contribution in [-0.2, 0) is 17.8 Å². The van der Waals surface area contributed by atoms with Crippen LogP contribution in [0.1, 0.15) is 37.8 Å². The molecule has 3 N–H and O–H groups in total. The predicted octanol–water partition coefficient (Wildman–Crippen LogP) is 2.20. The molecule has 20 heavy (non-hydrogen) atoms. The van der Waals surface area contributed by atoms with Gasteiger partial charge in [0.2, 0.25) is 0 Å². The fourth-order valence-electron chi connectivity index (χ4n) is 2.20. The molecule has 0 bridgehead atoms. The van der Waals surface area contributed by atoms with Gasteiger partial charge in [-0.2, -0.15) is 0 Å². The molecule has 0 atom stereocenters. The summed E-state index contributed by atoms with van der Waals surface area (Å²) in [5.74, 6) is -0.811. The first kappa shape index (κ1) is 16.7. The summed E-state index contributed by atoms with van der Waals surface area (Å²) in [6.45, 7) is 5.91. The van der Waals surface area contributed by atoms with E-state index in [9.17, 15) is 9.90 Å². The van der Waals surface area contributed by atoms with Gasteiger partial charge in [0, 0.05) is 25.1 Å². The van der Waals surface area contributed by atoms with Crippen LogP contribution in [0.25, 0.3) is 0 Å². The SMILES string of the molecule is CCC(CC)(CO)CNCc1ccc(CC(=O)O)cc1. The lowest BCUT2D eigenvalue weighted by atomic mass is 9.83. The molecule has 0 aromatic heterocycles. The maximum atomic E-state index is 10.6. The Balaban J connectivity index is 2.47. The summed E-state index contributed by atoms with van der Waals surface area (Å²) < 4.78 is 0. The van der Waals surface area contributed by atoms with E-state index in [1.54, 1.807) is 0 Å². The molecule has 0 fully saturated rings. The van der Waals surface area contributed by atoms with Crippen LogP contribution >= 0.6 is 0 Å². The Morgan fingerprint density at radius 1 is 1.15 bits per heavy atom. The number of aliphatic hydroxyl groups is 1. The lowest BCUT2D eigenvalue weighted by molar-refractivity contribution is -0.136. The van der Waals surface area contributed by atoms with E-state index >= 15 is 0 Å². The monoisotopic (exact) mass is 279 g/mol. The van der Waals surface area contributed by atoms with Gasteiger partial charge in [0.25, 0.3) is 0 Å². The number of benzene rings is 1. The fourth-order valence-corrected chi connectivity index (χ4v) is 2.20. The van der Waals surface area contributed by atoms with E-state index in [2.05, 4.69) is 19.2 Å². The van der Waals surface area contributed by atoms with Crippen molar-refractivity contribution < 1.29 is 15.0 Å². The van der Waals surface area contributed by atoms with E-state index in [0.717, 1.165) is 37.1 Å². The van der Waals surface area contributed by atoms with Gasteiger partial charge in [-0.15, -0.1) is 0 Å². The number of nitrogens with one attached hydrogen (secondary N) is 1. The molecule has 1 aromatic carbocycles. The highest BCUT2D eigenvalue weighted by atomic mass is 16.4. The third-order valence-corrected chi connectivity index (χ3v) is 4.04. The summed E-state index contributed by atoms with van der Waals surface area (Å²) in [6, 6.07) is 7.60. The maximum absolute atomic E-state index is 10.6. The van der Waals surface area contributed by atoms with Gasteiger partial charge in [-0.1, -0.05) is 38.1 Å². The minimum atomic E-state index is -0.811. The quantitative estimate of drug-likeness (QED) is 0.648. The second-order valence-corrected chi connectivity index (χ2v) is 5.36. The van der Waals surface area contributed by atoms with Gasteiger partial charge in [-0.05, 0) is 24.0 Å². The standard InChI is InChI=1S/C16H25NO3/c1-3-16(4-2,12-18)11-17-10-14-7-5-13(6-8-14)9-15(19)20/h5-8,17-18H,3-4,9-12H2,1-2H3,(H,19,20). The van der Waals surface area contributed by atoms with Crippen molar-refractivity contribution in [2.75, 3.05) is 13.2 Å². The largest absolute Gasteiger partial charge is 0.481 e. The average Bonchev–Trinajstić information content (AvgIpc) is 2.45.